The lowest BCUT2D eigenvalue weighted by atomic mass is 9.89. The SMILES string of the molecule is CCC[C@@H]1C(=O)C(C)(O)O[C@H]1c1ccc([N+](=O)[O-])cc1. The number of nitro benzene ring substituents is 1. The van der Waals surface area contributed by atoms with Gasteiger partial charge in [0, 0.05) is 12.1 Å². The van der Waals surface area contributed by atoms with Gasteiger partial charge in [-0.2, -0.15) is 0 Å². The summed E-state index contributed by atoms with van der Waals surface area (Å²) >= 11 is 0. The molecule has 1 aliphatic rings. The van der Waals surface area contributed by atoms with E-state index >= 15 is 0 Å². The predicted octanol–water partition coefficient (Wildman–Crippen LogP) is 2.36. The van der Waals surface area contributed by atoms with E-state index < -0.39 is 22.7 Å². The van der Waals surface area contributed by atoms with Crippen LogP contribution in [0.5, 0.6) is 0 Å². The van der Waals surface area contributed by atoms with E-state index in [9.17, 15) is 20.0 Å². The van der Waals surface area contributed by atoms with Crippen LogP contribution < -0.4 is 0 Å². The van der Waals surface area contributed by atoms with Crippen molar-refractivity contribution >= 4 is 11.5 Å². The van der Waals surface area contributed by atoms with Crippen LogP contribution in [0.4, 0.5) is 5.69 Å². The maximum absolute atomic E-state index is 12.1. The molecule has 0 aliphatic carbocycles. The Kier molecular flexibility index (Phi) is 3.87. The Morgan fingerprint density at radius 2 is 2.00 bits per heavy atom. The average molecular weight is 279 g/mol. The highest BCUT2D eigenvalue weighted by molar-refractivity contribution is 5.89. The van der Waals surface area contributed by atoms with Crippen LogP contribution in [-0.2, 0) is 9.53 Å². The zero-order valence-electron chi connectivity index (χ0n) is 11.4. The number of hydrogen-bond donors (Lipinski definition) is 1. The second-order valence-electron chi connectivity index (χ2n) is 5.13. The summed E-state index contributed by atoms with van der Waals surface area (Å²) in [6, 6.07) is 5.89. The number of benzene rings is 1. The normalized spacial score (nSPS) is 29.6. The fraction of sp³-hybridized carbons (Fsp3) is 0.500. The first kappa shape index (κ1) is 14.6. The van der Waals surface area contributed by atoms with Crippen molar-refractivity contribution in [2.24, 2.45) is 5.92 Å². The molecule has 0 saturated carbocycles. The summed E-state index contributed by atoms with van der Waals surface area (Å²) in [5, 5.41) is 20.6. The lowest BCUT2D eigenvalue weighted by Crippen LogP contribution is -2.33. The number of non-ortho nitro benzene ring substituents is 1. The first-order valence-electron chi connectivity index (χ1n) is 6.55. The summed E-state index contributed by atoms with van der Waals surface area (Å²) in [5.74, 6) is -2.54. The van der Waals surface area contributed by atoms with Gasteiger partial charge in [0.05, 0.1) is 16.9 Å². The Balaban J connectivity index is 2.30. The van der Waals surface area contributed by atoms with E-state index in [1.54, 1.807) is 12.1 Å². The second kappa shape index (κ2) is 5.30. The quantitative estimate of drug-likeness (QED) is 0.675. The van der Waals surface area contributed by atoms with Gasteiger partial charge in [-0.15, -0.1) is 0 Å². The number of ether oxygens (including phenoxy) is 1. The molecule has 108 valence electrons. The molecule has 1 aromatic carbocycles. The van der Waals surface area contributed by atoms with Crippen LogP contribution in [-0.4, -0.2) is 21.6 Å². The van der Waals surface area contributed by atoms with Gasteiger partial charge in [0.2, 0.25) is 5.79 Å². The Hall–Kier alpha value is -1.79. The van der Waals surface area contributed by atoms with Crippen molar-refractivity contribution in [2.45, 2.75) is 38.6 Å². The molecule has 1 fully saturated rings. The molecule has 0 aromatic heterocycles. The summed E-state index contributed by atoms with van der Waals surface area (Å²) in [7, 11) is 0. The number of Topliss-reactive ketones (excluding diaryl/α,β-unsaturated/α-hetero) is 1. The van der Waals surface area contributed by atoms with E-state index in [2.05, 4.69) is 0 Å². The van der Waals surface area contributed by atoms with E-state index in [1.807, 2.05) is 6.92 Å². The topological polar surface area (TPSA) is 89.7 Å². The summed E-state index contributed by atoms with van der Waals surface area (Å²) in [4.78, 5) is 22.2. The molecule has 6 nitrogen and oxygen atoms in total. The van der Waals surface area contributed by atoms with Gasteiger partial charge in [-0.25, -0.2) is 0 Å². The maximum Gasteiger partial charge on any atom is 0.269 e. The third-order valence-electron chi connectivity index (χ3n) is 3.55. The fourth-order valence-electron chi connectivity index (χ4n) is 2.55. The summed E-state index contributed by atoms with van der Waals surface area (Å²) in [6.07, 6.45) is 0.842. The zero-order valence-corrected chi connectivity index (χ0v) is 11.4. The largest absolute Gasteiger partial charge is 0.360 e. The molecule has 0 spiro atoms. The first-order chi connectivity index (χ1) is 9.36. The smallest absolute Gasteiger partial charge is 0.269 e. The minimum Gasteiger partial charge on any atom is -0.360 e. The van der Waals surface area contributed by atoms with Crippen LogP contribution in [0.2, 0.25) is 0 Å². The number of hydrogen-bond acceptors (Lipinski definition) is 5. The second-order valence-corrected chi connectivity index (χ2v) is 5.13. The lowest BCUT2D eigenvalue weighted by Gasteiger charge is -2.17. The van der Waals surface area contributed by atoms with Gasteiger partial charge in [0.25, 0.3) is 5.69 Å². The molecule has 1 unspecified atom stereocenters. The van der Waals surface area contributed by atoms with Crippen LogP contribution in [0, 0.1) is 16.0 Å². The van der Waals surface area contributed by atoms with Crippen molar-refractivity contribution in [3.63, 3.8) is 0 Å². The molecule has 3 atom stereocenters. The van der Waals surface area contributed by atoms with Gasteiger partial charge < -0.3 is 9.84 Å². The summed E-state index contributed by atoms with van der Waals surface area (Å²) in [5.41, 5.74) is 0.650. The predicted molar refractivity (Wildman–Crippen MR) is 71.0 cm³/mol. The van der Waals surface area contributed by atoms with Gasteiger partial charge in [-0.3, -0.25) is 14.9 Å². The molecule has 2 rings (SSSR count). The van der Waals surface area contributed by atoms with Crippen LogP contribution >= 0.6 is 0 Å². The number of carbonyl (C=O) groups is 1. The van der Waals surface area contributed by atoms with Crippen molar-refractivity contribution in [1.82, 2.24) is 0 Å². The molecule has 0 radical (unpaired) electrons. The molecule has 0 amide bonds. The number of rotatable bonds is 4. The van der Waals surface area contributed by atoms with E-state index in [-0.39, 0.29) is 11.5 Å². The molecule has 0 bridgehead atoms. The van der Waals surface area contributed by atoms with Gasteiger partial charge >= 0.3 is 0 Å². The molecule has 1 N–H and O–H groups in total. The standard InChI is InChI=1S/C14H17NO5/c1-3-4-11-12(20-14(2,17)13(11)16)9-5-7-10(8-6-9)15(18)19/h5-8,11-12,17H,3-4H2,1-2H3/t11-,12-,14?/m0/s1. The monoisotopic (exact) mass is 279 g/mol. The lowest BCUT2D eigenvalue weighted by molar-refractivity contribution is -0.384. The molecule has 1 aliphatic heterocycles. The number of ketones is 1. The van der Waals surface area contributed by atoms with E-state index in [0.29, 0.717) is 12.0 Å². The van der Waals surface area contributed by atoms with Crippen molar-refractivity contribution in [3.05, 3.63) is 39.9 Å². The molecule has 1 aromatic rings. The third kappa shape index (κ3) is 2.57. The van der Waals surface area contributed by atoms with E-state index in [4.69, 9.17) is 4.74 Å². The van der Waals surface area contributed by atoms with Crippen LogP contribution in [0.25, 0.3) is 0 Å². The minimum absolute atomic E-state index is 0.0168. The average Bonchev–Trinajstić information content (AvgIpc) is 2.63. The Labute approximate surface area is 116 Å². The molecule has 1 saturated heterocycles. The Morgan fingerprint density at radius 3 is 2.50 bits per heavy atom. The van der Waals surface area contributed by atoms with Gasteiger partial charge in [0.1, 0.15) is 0 Å². The third-order valence-corrected chi connectivity index (χ3v) is 3.55. The number of nitro groups is 1. The number of aliphatic hydroxyl groups is 1. The summed E-state index contributed by atoms with van der Waals surface area (Å²) < 4.78 is 5.45. The van der Waals surface area contributed by atoms with Crippen LogP contribution in [0.3, 0.4) is 0 Å². The van der Waals surface area contributed by atoms with Crippen molar-refractivity contribution in [2.75, 3.05) is 0 Å². The van der Waals surface area contributed by atoms with Crippen molar-refractivity contribution < 1.29 is 19.6 Å². The zero-order chi connectivity index (χ0) is 14.9. The minimum atomic E-state index is -1.79. The molecular weight excluding hydrogens is 262 g/mol. The van der Waals surface area contributed by atoms with Gasteiger partial charge in [-0.05, 0) is 31.0 Å². The maximum atomic E-state index is 12.1. The van der Waals surface area contributed by atoms with Crippen LogP contribution in [0.1, 0.15) is 38.4 Å². The Morgan fingerprint density at radius 1 is 1.40 bits per heavy atom. The molecular formula is C14H17NO5. The molecule has 1 heterocycles. The van der Waals surface area contributed by atoms with Crippen LogP contribution in [0.15, 0.2) is 24.3 Å². The summed E-state index contributed by atoms with van der Waals surface area (Å²) in [6.45, 7) is 3.29. The first-order valence-corrected chi connectivity index (χ1v) is 6.55. The van der Waals surface area contributed by atoms with Gasteiger partial charge in [-0.1, -0.05) is 13.3 Å². The molecule has 6 heteroatoms. The highest BCUT2D eigenvalue weighted by Gasteiger charge is 2.50. The highest BCUT2D eigenvalue weighted by Crippen LogP contribution is 2.42. The van der Waals surface area contributed by atoms with Gasteiger partial charge in [0.15, 0.2) is 5.78 Å². The van der Waals surface area contributed by atoms with Crippen molar-refractivity contribution in [1.29, 1.82) is 0 Å². The number of carbonyl (C=O) groups excluding carboxylic acids is 1. The van der Waals surface area contributed by atoms with E-state index in [0.717, 1.165) is 6.42 Å². The Bertz CT molecular complexity index is 523. The number of nitrogens with zero attached hydrogens (tertiary/aromatic N) is 1. The van der Waals surface area contributed by atoms with E-state index in [1.165, 1.54) is 19.1 Å². The fourth-order valence-corrected chi connectivity index (χ4v) is 2.55. The highest BCUT2D eigenvalue weighted by atomic mass is 16.6. The molecule has 20 heavy (non-hydrogen) atoms. The van der Waals surface area contributed by atoms with Crippen molar-refractivity contribution in [3.8, 4) is 0 Å².